The van der Waals surface area contributed by atoms with Crippen LogP contribution in [0.3, 0.4) is 0 Å². The Hall–Kier alpha value is -2.00. The highest BCUT2D eigenvalue weighted by Crippen LogP contribution is 2.34. The van der Waals surface area contributed by atoms with E-state index in [4.69, 9.17) is 5.73 Å². The molecule has 3 aromatic rings. The van der Waals surface area contributed by atoms with E-state index in [-0.39, 0.29) is 16.3 Å². The van der Waals surface area contributed by atoms with E-state index in [0.717, 1.165) is 11.8 Å². The van der Waals surface area contributed by atoms with Crippen LogP contribution in [0.15, 0.2) is 22.0 Å². The topological polar surface area (TPSA) is 104 Å². The summed E-state index contributed by atoms with van der Waals surface area (Å²) in [6, 6.07) is 1.87. The molecule has 0 saturated carbocycles. The first-order chi connectivity index (χ1) is 10.6. The summed E-state index contributed by atoms with van der Waals surface area (Å²) < 4.78 is 25.4. The van der Waals surface area contributed by atoms with Crippen LogP contribution in [-0.2, 0) is 15.4 Å². The molecule has 23 heavy (non-hydrogen) atoms. The fraction of sp³-hybridized carbons (Fsp3) is 0.357. The maximum Gasteiger partial charge on any atom is 0.249 e. The zero-order valence-electron chi connectivity index (χ0n) is 13.2. The molecule has 3 heterocycles. The van der Waals surface area contributed by atoms with Crippen molar-refractivity contribution in [2.45, 2.75) is 31.5 Å². The number of hydrogen-bond acceptors (Lipinski definition) is 7. The minimum Gasteiger partial charge on any atom is -0.383 e. The molecule has 0 amide bonds. The molecule has 2 N–H and O–H groups in total. The van der Waals surface area contributed by atoms with Gasteiger partial charge in [-0.1, -0.05) is 0 Å². The average Bonchev–Trinajstić information content (AvgIpc) is 3.04. The van der Waals surface area contributed by atoms with Crippen LogP contribution in [0, 0.1) is 0 Å². The third-order valence-electron chi connectivity index (χ3n) is 3.31. The highest BCUT2D eigenvalue weighted by molar-refractivity contribution is 7.90. The maximum absolute atomic E-state index is 11.9. The molecule has 0 bridgehead atoms. The fourth-order valence-corrected chi connectivity index (χ4v) is 3.43. The Morgan fingerprint density at radius 2 is 1.96 bits per heavy atom. The van der Waals surface area contributed by atoms with Crippen LogP contribution in [0.2, 0.25) is 0 Å². The summed E-state index contributed by atoms with van der Waals surface area (Å²) in [5, 5.41) is 8.52. The van der Waals surface area contributed by atoms with E-state index >= 15 is 0 Å². The number of nitrogens with two attached hydrogens (primary N) is 1. The third kappa shape index (κ3) is 2.70. The molecular weight excluding hydrogens is 334 g/mol. The molecule has 7 nitrogen and oxygen atoms in total. The molecule has 122 valence electrons. The van der Waals surface area contributed by atoms with Crippen molar-refractivity contribution in [3.63, 3.8) is 0 Å². The van der Waals surface area contributed by atoms with Crippen molar-refractivity contribution < 1.29 is 8.42 Å². The van der Waals surface area contributed by atoms with Crippen LogP contribution in [0.5, 0.6) is 0 Å². The summed E-state index contributed by atoms with van der Waals surface area (Å²) in [7, 11) is -3.56. The number of thiophene rings is 1. The van der Waals surface area contributed by atoms with E-state index in [0.29, 0.717) is 16.9 Å². The Bertz CT molecular complexity index is 983. The highest BCUT2D eigenvalue weighted by Gasteiger charge is 2.26. The summed E-state index contributed by atoms with van der Waals surface area (Å²) >= 11 is 1.50. The first-order valence-electron chi connectivity index (χ1n) is 6.88. The number of nitrogens with zero attached hydrogens (tertiary/aromatic N) is 4. The van der Waals surface area contributed by atoms with Crippen molar-refractivity contribution in [3.8, 4) is 11.3 Å². The fourth-order valence-electron chi connectivity index (χ4n) is 2.28. The summed E-state index contributed by atoms with van der Waals surface area (Å²) in [6.45, 7) is 5.89. The standard InChI is InChI=1S/C14H17N5O2S2/c1-14(2,3)19-11(15)9-10(8-5-6-22-7-8)16-13(23(4,20)21)17-12(9)18-19/h5-7H,15H2,1-4H3. The van der Waals surface area contributed by atoms with Gasteiger partial charge in [0.25, 0.3) is 0 Å². The Balaban J connectivity index is 2.45. The smallest absolute Gasteiger partial charge is 0.249 e. The van der Waals surface area contributed by atoms with Gasteiger partial charge in [0.2, 0.25) is 15.0 Å². The molecule has 0 aliphatic carbocycles. The van der Waals surface area contributed by atoms with Crippen LogP contribution < -0.4 is 5.73 Å². The lowest BCUT2D eigenvalue weighted by Gasteiger charge is -2.20. The number of aromatic nitrogens is 4. The Labute approximate surface area is 138 Å². The molecule has 0 unspecified atom stereocenters. The molecule has 0 aliphatic heterocycles. The van der Waals surface area contributed by atoms with Crippen molar-refractivity contribution in [2.75, 3.05) is 12.0 Å². The zero-order valence-corrected chi connectivity index (χ0v) is 14.9. The first-order valence-corrected chi connectivity index (χ1v) is 9.72. The zero-order chi connectivity index (χ0) is 17.0. The number of rotatable bonds is 2. The lowest BCUT2D eigenvalue weighted by molar-refractivity contribution is 0.364. The van der Waals surface area contributed by atoms with Crippen LogP contribution >= 0.6 is 11.3 Å². The molecule has 0 spiro atoms. The van der Waals surface area contributed by atoms with Gasteiger partial charge in [0, 0.05) is 17.2 Å². The number of hydrogen-bond donors (Lipinski definition) is 1. The van der Waals surface area contributed by atoms with Gasteiger partial charge >= 0.3 is 0 Å². The molecule has 3 aromatic heterocycles. The summed E-state index contributed by atoms with van der Waals surface area (Å²) in [4.78, 5) is 8.35. The Morgan fingerprint density at radius 3 is 2.48 bits per heavy atom. The van der Waals surface area contributed by atoms with Crippen molar-refractivity contribution in [3.05, 3.63) is 16.8 Å². The van der Waals surface area contributed by atoms with Gasteiger partial charge in [-0.05, 0) is 32.2 Å². The van der Waals surface area contributed by atoms with Crippen LogP contribution in [-0.4, -0.2) is 34.4 Å². The second-order valence-corrected chi connectivity index (χ2v) is 8.99. The predicted molar refractivity (Wildman–Crippen MR) is 91.2 cm³/mol. The molecule has 0 saturated heterocycles. The van der Waals surface area contributed by atoms with E-state index in [2.05, 4.69) is 15.1 Å². The van der Waals surface area contributed by atoms with E-state index < -0.39 is 9.84 Å². The molecule has 3 rings (SSSR count). The summed E-state index contributed by atoms with van der Waals surface area (Å²) in [6.07, 6.45) is 1.08. The van der Waals surface area contributed by atoms with Crippen LogP contribution in [0.1, 0.15) is 20.8 Å². The van der Waals surface area contributed by atoms with Gasteiger partial charge in [-0.15, -0.1) is 5.10 Å². The molecule has 0 aliphatic rings. The summed E-state index contributed by atoms with van der Waals surface area (Å²) in [5.41, 5.74) is 7.48. The molecule has 0 atom stereocenters. The first kappa shape index (κ1) is 15.9. The van der Waals surface area contributed by atoms with Crippen LogP contribution in [0.25, 0.3) is 22.3 Å². The van der Waals surface area contributed by atoms with Gasteiger partial charge in [0.15, 0.2) is 5.65 Å². The second kappa shape index (κ2) is 5.00. The monoisotopic (exact) mass is 351 g/mol. The minimum absolute atomic E-state index is 0.246. The van der Waals surface area contributed by atoms with Gasteiger partial charge < -0.3 is 5.73 Å². The van der Waals surface area contributed by atoms with E-state index in [1.165, 1.54) is 11.3 Å². The van der Waals surface area contributed by atoms with E-state index in [9.17, 15) is 8.42 Å². The van der Waals surface area contributed by atoms with E-state index in [1.807, 2.05) is 37.6 Å². The number of sulfone groups is 1. The lowest BCUT2D eigenvalue weighted by Crippen LogP contribution is -2.24. The largest absolute Gasteiger partial charge is 0.383 e. The normalized spacial score (nSPS) is 12.9. The maximum atomic E-state index is 11.9. The predicted octanol–water partition coefficient (Wildman–Crippen LogP) is 2.30. The molecule has 9 heteroatoms. The summed E-state index contributed by atoms with van der Waals surface area (Å²) in [5.74, 6) is 0.425. The Morgan fingerprint density at radius 1 is 1.26 bits per heavy atom. The second-order valence-electron chi connectivity index (χ2n) is 6.31. The lowest BCUT2D eigenvalue weighted by atomic mass is 10.1. The Kier molecular flexibility index (Phi) is 3.45. The van der Waals surface area contributed by atoms with Crippen LogP contribution in [0.4, 0.5) is 5.82 Å². The number of fused-ring (bicyclic) bond motifs is 1. The quantitative estimate of drug-likeness (QED) is 0.710. The average molecular weight is 351 g/mol. The third-order valence-corrected chi connectivity index (χ3v) is 4.84. The van der Waals surface area contributed by atoms with Crippen molar-refractivity contribution in [1.29, 1.82) is 0 Å². The van der Waals surface area contributed by atoms with Gasteiger partial charge in [0.1, 0.15) is 5.82 Å². The van der Waals surface area contributed by atoms with Crippen molar-refractivity contribution in [2.24, 2.45) is 0 Å². The minimum atomic E-state index is -3.56. The van der Waals surface area contributed by atoms with Gasteiger partial charge in [-0.3, -0.25) is 0 Å². The van der Waals surface area contributed by atoms with Gasteiger partial charge in [-0.25, -0.2) is 18.1 Å². The molecule has 0 radical (unpaired) electrons. The van der Waals surface area contributed by atoms with Crippen molar-refractivity contribution >= 4 is 38.0 Å². The molecular formula is C14H17N5O2S2. The highest BCUT2D eigenvalue weighted by atomic mass is 32.2. The number of anilines is 1. The SMILES string of the molecule is CC(C)(C)n1nc2nc(S(C)(=O)=O)nc(-c3ccsc3)c2c1N. The van der Waals surface area contributed by atoms with E-state index in [1.54, 1.807) is 4.68 Å². The van der Waals surface area contributed by atoms with Crippen molar-refractivity contribution in [1.82, 2.24) is 19.7 Å². The number of nitrogen functional groups attached to an aromatic ring is 1. The van der Waals surface area contributed by atoms with Gasteiger partial charge in [-0.2, -0.15) is 16.3 Å². The molecule has 0 fully saturated rings. The molecule has 0 aromatic carbocycles. The van der Waals surface area contributed by atoms with Gasteiger partial charge in [0.05, 0.1) is 16.6 Å².